The molecule has 0 aromatic carbocycles. The van der Waals surface area contributed by atoms with Crippen molar-refractivity contribution in [1.29, 1.82) is 0 Å². The second-order valence-corrected chi connectivity index (χ2v) is 7.43. The average Bonchev–Trinajstić information content (AvgIpc) is 3.34. The van der Waals surface area contributed by atoms with Gasteiger partial charge in [-0.25, -0.2) is 4.98 Å². The van der Waals surface area contributed by atoms with E-state index >= 15 is 0 Å². The molecule has 0 aliphatic carbocycles. The van der Waals surface area contributed by atoms with Crippen molar-refractivity contribution in [3.8, 4) is 0 Å². The molecule has 25 heavy (non-hydrogen) atoms. The summed E-state index contributed by atoms with van der Waals surface area (Å²) in [6, 6.07) is 3.91. The van der Waals surface area contributed by atoms with Gasteiger partial charge in [0.05, 0.1) is 30.1 Å². The highest BCUT2D eigenvalue weighted by Gasteiger charge is 2.16. The van der Waals surface area contributed by atoms with Crippen LogP contribution in [0.4, 0.5) is 0 Å². The fraction of sp³-hybridized carbons (Fsp3) is 0.556. The van der Waals surface area contributed by atoms with Gasteiger partial charge in [-0.3, -0.25) is 4.99 Å². The highest BCUT2D eigenvalue weighted by molar-refractivity contribution is 7.09. The zero-order chi connectivity index (χ0) is 17.5. The van der Waals surface area contributed by atoms with Crippen LogP contribution in [0.1, 0.15) is 22.9 Å². The number of aryl methyl sites for hydroxylation is 1. The molecule has 0 bridgehead atoms. The van der Waals surface area contributed by atoms with Gasteiger partial charge in [0.1, 0.15) is 5.76 Å². The van der Waals surface area contributed by atoms with Crippen molar-refractivity contribution in [3.63, 3.8) is 0 Å². The lowest BCUT2D eigenvalue weighted by Crippen LogP contribution is -2.40. The summed E-state index contributed by atoms with van der Waals surface area (Å²) in [5.41, 5.74) is 1.08. The molecule has 2 aromatic rings. The summed E-state index contributed by atoms with van der Waals surface area (Å²) in [4.78, 5) is 11.5. The number of hydrogen-bond acceptors (Lipinski definition) is 5. The lowest BCUT2D eigenvalue weighted by Gasteiger charge is -2.22. The van der Waals surface area contributed by atoms with Crippen molar-refractivity contribution in [2.45, 2.75) is 26.3 Å². The topological polar surface area (TPSA) is 62.9 Å². The number of nitrogens with zero attached hydrogens (tertiary/aromatic N) is 3. The highest BCUT2D eigenvalue weighted by atomic mass is 32.1. The Labute approximate surface area is 152 Å². The van der Waals surface area contributed by atoms with Gasteiger partial charge in [-0.05, 0) is 25.5 Å². The van der Waals surface area contributed by atoms with Crippen molar-refractivity contribution in [2.24, 2.45) is 10.9 Å². The zero-order valence-electron chi connectivity index (χ0n) is 14.9. The SMILES string of the molecule is Cc1nc(CN(C)C(=NCC2CCOC2)NCCc2ccco2)cs1. The van der Waals surface area contributed by atoms with Crippen LogP contribution in [0.15, 0.2) is 33.2 Å². The Morgan fingerprint density at radius 3 is 3.12 bits per heavy atom. The lowest BCUT2D eigenvalue weighted by atomic mass is 10.1. The van der Waals surface area contributed by atoms with Crippen LogP contribution in [0.3, 0.4) is 0 Å². The molecule has 0 spiro atoms. The van der Waals surface area contributed by atoms with Crippen LogP contribution < -0.4 is 5.32 Å². The molecule has 2 aromatic heterocycles. The van der Waals surface area contributed by atoms with Crippen molar-refractivity contribution in [1.82, 2.24) is 15.2 Å². The largest absolute Gasteiger partial charge is 0.469 e. The smallest absolute Gasteiger partial charge is 0.194 e. The van der Waals surface area contributed by atoms with Gasteiger partial charge in [0.2, 0.25) is 0 Å². The molecule has 7 heteroatoms. The van der Waals surface area contributed by atoms with E-state index in [2.05, 4.69) is 27.6 Å². The number of thiazole rings is 1. The number of nitrogens with one attached hydrogen (secondary N) is 1. The van der Waals surface area contributed by atoms with Crippen LogP contribution in [0, 0.1) is 12.8 Å². The molecule has 1 saturated heterocycles. The molecule has 3 heterocycles. The highest BCUT2D eigenvalue weighted by Crippen LogP contribution is 2.13. The number of ether oxygens (including phenoxy) is 1. The first-order valence-corrected chi connectivity index (χ1v) is 9.59. The normalized spacial score (nSPS) is 17.8. The molecule has 6 nitrogen and oxygen atoms in total. The number of rotatable bonds is 7. The maximum atomic E-state index is 5.45. The third-order valence-corrected chi connectivity index (χ3v) is 5.01. The minimum atomic E-state index is 0.525. The van der Waals surface area contributed by atoms with Crippen molar-refractivity contribution in [3.05, 3.63) is 40.2 Å². The summed E-state index contributed by atoms with van der Waals surface area (Å²) in [7, 11) is 2.05. The quantitative estimate of drug-likeness (QED) is 0.606. The molecule has 1 aliphatic rings. The average molecular weight is 362 g/mol. The summed E-state index contributed by atoms with van der Waals surface area (Å²) < 4.78 is 10.9. The Kier molecular flexibility index (Phi) is 6.47. The number of furan rings is 1. The maximum Gasteiger partial charge on any atom is 0.194 e. The minimum Gasteiger partial charge on any atom is -0.469 e. The van der Waals surface area contributed by atoms with Gasteiger partial charge >= 0.3 is 0 Å². The molecule has 1 fully saturated rings. The molecule has 1 unspecified atom stereocenters. The van der Waals surface area contributed by atoms with Gasteiger partial charge in [-0.2, -0.15) is 0 Å². The van der Waals surface area contributed by atoms with Crippen molar-refractivity contribution >= 4 is 17.3 Å². The summed E-state index contributed by atoms with van der Waals surface area (Å²) in [6.07, 6.45) is 3.64. The van der Waals surface area contributed by atoms with E-state index in [0.29, 0.717) is 5.92 Å². The van der Waals surface area contributed by atoms with E-state index in [1.165, 1.54) is 0 Å². The van der Waals surface area contributed by atoms with Crippen LogP contribution in [0.5, 0.6) is 0 Å². The molecule has 1 atom stereocenters. The minimum absolute atomic E-state index is 0.525. The Morgan fingerprint density at radius 1 is 1.52 bits per heavy atom. The summed E-state index contributed by atoms with van der Waals surface area (Å²) in [5, 5.41) is 6.66. The molecular weight excluding hydrogens is 336 g/mol. The summed E-state index contributed by atoms with van der Waals surface area (Å²) in [5.74, 6) is 2.41. The molecule has 1 aliphatic heterocycles. The monoisotopic (exact) mass is 362 g/mol. The summed E-state index contributed by atoms with van der Waals surface area (Å²) in [6.45, 7) is 6.04. The molecule has 1 N–H and O–H groups in total. The third-order valence-electron chi connectivity index (χ3n) is 4.19. The van der Waals surface area contributed by atoms with E-state index in [1.54, 1.807) is 17.6 Å². The number of hydrogen-bond donors (Lipinski definition) is 1. The fourth-order valence-corrected chi connectivity index (χ4v) is 3.41. The number of aliphatic imine (C=N–C) groups is 1. The van der Waals surface area contributed by atoms with Gasteiger partial charge in [0.25, 0.3) is 0 Å². The van der Waals surface area contributed by atoms with Crippen LogP contribution in [0.25, 0.3) is 0 Å². The molecule has 0 saturated carbocycles. The lowest BCUT2D eigenvalue weighted by molar-refractivity contribution is 0.187. The van der Waals surface area contributed by atoms with E-state index in [-0.39, 0.29) is 0 Å². The van der Waals surface area contributed by atoms with Gasteiger partial charge in [-0.15, -0.1) is 11.3 Å². The second-order valence-electron chi connectivity index (χ2n) is 6.36. The Bertz CT molecular complexity index is 662. The van der Waals surface area contributed by atoms with E-state index in [9.17, 15) is 0 Å². The molecular formula is C18H26N4O2S. The van der Waals surface area contributed by atoms with Crippen LogP contribution in [-0.4, -0.2) is 49.2 Å². The first kappa shape index (κ1) is 17.9. The van der Waals surface area contributed by atoms with Crippen LogP contribution in [-0.2, 0) is 17.7 Å². The Morgan fingerprint density at radius 2 is 2.44 bits per heavy atom. The Hall–Kier alpha value is -1.86. The predicted molar refractivity (Wildman–Crippen MR) is 100.0 cm³/mol. The van der Waals surface area contributed by atoms with Gasteiger partial charge < -0.3 is 19.4 Å². The molecule has 0 radical (unpaired) electrons. The van der Waals surface area contributed by atoms with Crippen molar-refractivity contribution < 1.29 is 9.15 Å². The first-order valence-electron chi connectivity index (χ1n) is 8.71. The van der Waals surface area contributed by atoms with Gasteiger partial charge in [0.15, 0.2) is 5.96 Å². The van der Waals surface area contributed by atoms with Crippen LogP contribution in [0.2, 0.25) is 0 Å². The second kappa shape index (κ2) is 9.01. The Balaban J connectivity index is 1.58. The first-order chi connectivity index (χ1) is 12.2. The number of guanidine groups is 1. The van der Waals surface area contributed by atoms with E-state index in [1.807, 2.05) is 19.1 Å². The van der Waals surface area contributed by atoms with Crippen molar-refractivity contribution in [2.75, 3.05) is 33.4 Å². The van der Waals surface area contributed by atoms with E-state index in [0.717, 1.165) is 68.1 Å². The predicted octanol–water partition coefficient (Wildman–Crippen LogP) is 2.70. The number of aromatic nitrogens is 1. The molecule has 3 rings (SSSR count). The standard InChI is InChI=1S/C18H26N4O2S/c1-14-21-16(13-25-14)11-22(2)18(20-10-15-6-9-23-12-15)19-7-5-17-4-3-8-24-17/h3-4,8,13,15H,5-7,9-12H2,1-2H3,(H,19,20). The molecule has 0 amide bonds. The zero-order valence-corrected chi connectivity index (χ0v) is 15.7. The van der Waals surface area contributed by atoms with E-state index < -0.39 is 0 Å². The van der Waals surface area contributed by atoms with Gasteiger partial charge in [0, 0.05) is 44.5 Å². The molecule has 136 valence electrons. The summed E-state index contributed by atoms with van der Waals surface area (Å²) >= 11 is 1.68. The van der Waals surface area contributed by atoms with Crippen LogP contribution >= 0.6 is 11.3 Å². The van der Waals surface area contributed by atoms with Gasteiger partial charge in [-0.1, -0.05) is 0 Å². The maximum absolute atomic E-state index is 5.45. The fourth-order valence-electron chi connectivity index (χ4n) is 2.81. The van der Waals surface area contributed by atoms with E-state index in [4.69, 9.17) is 14.1 Å². The third kappa shape index (κ3) is 5.57.